The molecular weight excluding hydrogens is 341 g/mol. The van der Waals surface area contributed by atoms with E-state index in [1.807, 2.05) is 0 Å². The van der Waals surface area contributed by atoms with Crippen LogP contribution in [0.3, 0.4) is 0 Å². The zero-order chi connectivity index (χ0) is 17.9. The van der Waals surface area contributed by atoms with E-state index >= 15 is 0 Å². The number of rotatable bonds is 4. The smallest absolute Gasteiger partial charge is 0.316 e. The van der Waals surface area contributed by atoms with E-state index in [0.29, 0.717) is 18.1 Å². The number of nitrogens with zero attached hydrogens (tertiary/aromatic N) is 4. The predicted molar refractivity (Wildman–Crippen MR) is 88.5 cm³/mol. The number of halogens is 1. The van der Waals surface area contributed by atoms with E-state index in [4.69, 9.17) is 9.47 Å². The monoisotopic (exact) mass is 361 g/mol. The Balaban J connectivity index is 1.29. The van der Waals surface area contributed by atoms with Crippen molar-refractivity contribution < 1.29 is 18.7 Å². The van der Waals surface area contributed by atoms with Gasteiger partial charge < -0.3 is 14.8 Å². The SMILES string of the molecule is O=C(NC1CCC(Oc2ncc(F)cn2)CC1)c1cnn2c1OCCC2. The summed E-state index contributed by atoms with van der Waals surface area (Å²) < 4.78 is 25.8. The van der Waals surface area contributed by atoms with Gasteiger partial charge in [-0.1, -0.05) is 0 Å². The van der Waals surface area contributed by atoms with E-state index in [-0.39, 0.29) is 24.1 Å². The quantitative estimate of drug-likeness (QED) is 0.892. The predicted octanol–water partition coefficient (Wildman–Crippen LogP) is 1.71. The first-order valence-corrected chi connectivity index (χ1v) is 8.83. The highest BCUT2D eigenvalue weighted by molar-refractivity contribution is 5.96. The van der Waals surface area contributed by atoms with Gasteiger partial charge in [0.1, 0.15) is 11.7 Å². The van der Waals surface area contributed by atoms with Crippen molar-refractivity contribution in [3.8, 4) is 11.9 Å². The van der Waals surface area contributed by atoms with E-state index in [0.717, 1.165) is 51.0 Å². The van der Waals surface area contributed by atoms with E-state index in [2.05, 4.69) is 20.4 Å². The first kappa shape index (κ1) is 16.7. The molecule has 138 valence electrons. The molecule has 1 aliphatic carbocycles. The van der Waals surface area contributed by atoms with Crippen LogP contribution in [-0.4, -0.2) is 44.4 Å². The normalized spacial score (nSPS) is 22.2. The van der Waals surface area contributed by atoms with Gasteiger partial charge >= 0.3 is 6.01 Å². The summed E-state index contributed by atoms with van der Waals surface area (Å²) in [7, 11) is 0. The maximum absolute atomic E-state index is 12.8. The number of fused-ring (bicyclic) bond motifs is 1. The van der Waals surface area contributed by atoms with Crippen LogP contribution in [0, 0.1) is 5.82 Å². The highest BCUT2D eigenvalue weighted by atomic mass is 19.1. The number of aryl methyl sites for hydroxylation is 1. The second-order valence-corrected chi connectivity index (χ2v) is 6.54. The van der Waals surface area contributed by atoms with Crippen LogP contribution in [0.15, 0.2) is 18.6 Å². The van der Waals surface area contributed by atoms with Crippen LogP contribution >= 0.6 is 0 Å². The molecule has 1 amide bonds. The Morgan fingerprint density at radius 1 is 1.23 bits per heavy atom. The van der Waals surface area contributed by atoms with Crippen LogP contribution in [0.2, 0.25) is 0 Å². The molecule has 0 atom stereocenters. The Morgan fingerprint density at radius 2 is 2.00 bits per heavy atom. The van der Waals surface area contributed by atoms with Crippen molar-refractivity contribution in [1.82, 2.24) is 25.1 Å². The van der Waals surface area contributed by atoms with Gasteiger partial charge in [0.15, 0.2) is 5.82 Å². The molecule has 4 rings (SSSR count). The number of carbonyl (C=O) groups excluding carboxylic acids is 1. The lowest BCUT2D eigenvalue weighted by molar-refractivity contribution is 0.0879. The lowest BCUT2D eigenvalue weighted by Crippen LogP contribution is -2.40. The van der Waals surface area contributed by atoms with Crippen LogP contribution in [0.5, 0.6) is 11.9 Å². The molecule has 1 fully saturated rings. The Labute approximate surface area is 149 Å². The number of hydrogen-bond acceptors (Lipinski definition) is 6. The molecule has 0 radical (unpaired) electrons. The molecule has 2 aromatic rings. The van der Waals surface area contributed by atoms with Crippen LogP contribution < -0.4 is 14.8 Å². The number of aromatic nitrogens is 4. The second-order valence-electron chi connectivity index (χ2n) is 6.54. The van der Waals surface area contributed by atoms with Gasteiger partial charge in [-0.2, -0.15) is 5.10 Å². The van der Waals surface area contributed by atoms with Gasteiger partial charge in [0.2, 0.25) is 5.88 Å². The van der Waals surface area contributed by atoms with Gasteiger partial charge in [0, 0.05) is 19.0 Å². The summed E-state index contributed by atoms with van der Waals surface area (Å²) in [5.41, 5.74) is 0.489. The van der Waals surface area contributed by atoms with E-state index in [9.17, 15) is 9.18 Å². The summed E-state index contributed by atoms with van der Waals surface area (Å²) in [5, 5.41) is 7.26. The Bertz CT molecular complexity index is 771. The van der Waals surface area contributed by atoms with Crippen molar-refractivity contribution in [2.24, 2.45) is 0 Å². The molecule has 8 nitrogen and oxygen atoms in total. The molecule has 3 heterocycles. The highest BCUT2D eigenvalue weighted by Gasteiger charge is 2.27. The summed E-state index contributed by atoms with van der Waals surface area (Å²) in [6.45, 7) is 1.39. The average molecular weight is 361 g/mol. The standard InChI is InChI=1S/C17H20FN5O3/c18-11-8-19-17(20-9-11)26-13-4-2-12(3-5-13)22-15(24)14-10-21-23-6-1-7-25-16(14)23/h8-10,12-13H,1-7H2,(H,22,24). The van der Waals surface area contributed by atoms with Crippen molar-refractivity contribution in [3.63, 3.8) is 0 Å². The molecular formula is C17H20FN5O3. The van der Waals surface area contributed by atoms with Crippen LogP contribution in [-0.2, 0) is 6.54 Å². The fourth-order valence-electron chi connectivity index (χ4n) is 3.32. The minimum Gasteiger partial charge on any atom is -0.477 e. The molecule has 0 aromatic carbocycles. The molecule has 0 saturated heterocycles. The van der Waals surface area contributed by atoms with E-state index in [1.165, 1.54) is 0 Å². The van der Waals surface area contributed by atoms with Crippen LogP contribution in [0.1, 0.15) is 42.5 Å². The first-order valence-electron chi connectivity index (χ1n) is 8.83. The second kappa shape index (κ2) is 7.27. The molecule has 0 spiro atoms. The third-order valence-electron chi connectivity index (χ3n) is 4.67. The average Bonchev–Trinajstić information content (AvgIpc) is 3.09. The Kier molecular flexibility index (Phi) is 4.68. The highest BCUT2D eigenvalue weighted by Crippen LogP contribution is 2.25. The number of amides is 1. The summed E-state index contributed by atoms with van der Waals surface area (Å²) in [5.74, 6) is -0.0892. The summed E-state index contributed by atoms with van der Waals surface area (Å²) in [6.07, 6.45) is 7.74. The third kappa shape index (κ3) is 3.61. The molecule has 2 aliphatic rings. The minimum absolute atomic E-state index is 0.0270. The lowest BCUT2D eigenvalue weighted by Gasteiger charge is -2.28. The summed E-state index contributed by atoms with van der Waals surface area (Å²) in [4.78, 5) is 20.1. The number of hydrogen-bond donors (Lipinski definition) is 1. The lowest BCUT2D eigenvalue weighted by atomic mass is 9.93. The van der Waals surface area contributed by atoms with Crippen LogP contribution in [0.25, 0.3) is 0 Å². The summed E-state index contributed by atoms with van der Waals surface area (Å²) >= 11 is 0. The minimum atomic E-state index is -0.491. The molecule has 1 saturated carbocycles. The maximum atomic E-state index is 12.8. The number of carbonyl (C=O) groups is 1. The fourth-order valence-corrected chi connectivity index (χ4v) is 3.32. The van der Waals surface area contributed by atoms with E-state index < -0.39 is 5.82 Å². The molecule has 2 aromatic heterocycles. The zero-order valence-corrected chi connectivity index (χ0v) is 14.2. The maximum Gasteiger partial charge on any atom is 0.316 e. The molecule has 0 unspecified atom stereocenters. The van der Waals surface area contributed by atoms with Gasteiger partial charge in [-0.3, -0.25) is 4.79 Å². The Morgan fingerprint density at radius 3 is 2.77 bits per heavy atom. The van der Waals surface area contributed by atoms with Crippen molar-refractivity contribution >= 4 is 5.91 Å². The molecule has 26 heavy (non-hydrogen) atoms. The largest absolute Gasteiger partial charge is 0.477 e. The number of ether oxygens (including phenoxy) is 2. The van der Waals surface area contributed by atoms with Gasteiger partial charge in [0.05, 0.1) is 25.2 Å². The van der Waals surface area contributed by atoms with Gasteiger partial charge in [-0.15, -0.1) is 0 Å². The first-order chi connectivity index (χ1) is 12.7. The van der Waals surface area contributed by atoms with Crippen LogP contribution in [0.4, 0.5) is 4.39 Å². The third-order valence-corrected chi connectivity index (χ3v) is 4.67. The molecule has 0 bridgehead atoms. The van der Waals surface area contributed by atoms with Gasteiger partial charge in [-0.05, 0) is 25.7 Å². The van der Waals surface area contributed by atoms with Crippen molar-refractivity contribution in [2.75, 3.05) is 6.61 Å². The molecule has 9 heteroatoms. The topological polar surface area (TPSA) is 91.2 Å². The fraction of sp³-hybridized carbons (Fsp3) is 0.529. The number of nitrogens with one attached hydrogen (secondary N) is 1. The Hall–Kier alpha value is -2.71. The summed E-state index contributed by atoms with van der Waals surface area (Å²) in [6, 6.07) is 0.262. The van der Waals surface area contributed by atoms with Crippen molar-refractivity contribution in [3.05, 3.63) is 30.0 Å². The van der Waals surface area contributed by atoms with Crippen molar-refractivity contribution in [2.45, 2.75) is 50.8 Å². The molecule has 1 N–H and O–H groups in total. The van der Waals surface area contributed by atoms with Gasteiger partial charge in [0.25, 0.3) is 5.91 Å². The van der Waals surface area contributed by atoms with Crippen molar-refractivity contribution in [1.29, 1.82) is 0 Å². The van der Waals surface area contributed by atoms with E-state index in [1.54, 1.807) is 10.9 Å². The molecule has 1 aliphatic heterocycles. The zero-order valence-electron chi connectivity index (χ0n) is 14.2. The van der Waals surface area contributed by atoms with Gasteiger partial charge in [-0.25, -0.2) is 19.0 Å².